The zero-order valence-electron chi connectivity index (χ0n) is 14.4. The zero-order chi connectivity index (χ0) is 19.9. The number of hydrogen-bond donors (Lipinski definition) is 1. The Morgan fingerprint density at radius 1 is 0.964 bits per heavy atom. The Morgan fingerprint density at radius 3 is 2.36 bits per heavy atom. The van der Waals surface area contributed by atoms with Gasteiger partial charge in [-0.15, -0.1) is 0 Å². The Kier molecular flexibility index (Phi) is 6.78. The van der Waals surface area contributed by atoms with Crippen LogP contribution in [0.4, 0.5) is 0 Å². The van der Waals surface area contributed by atoms with Crippen molar-refractivity contribution in [2.75, 3.05) is 0 Å². The molecule has 3 rings (SSSR count). The van der Waals surface area contributed by atoms with Gasteiger partial charge < -0.3 is 4.74 Å². The molecule has 0 atom stereocenters. The number of amides is 1. The van der Waals surface area contributed by atoms with Crippen LogP contribution in [0.3, 0.4) is 0 Å². The summed E-state index contributed by atoms with van der Waals surface area (Å²) in [7, 11) is 0. The van der Waals surface area contributed by atoms with Gasteiger partial charge in [0.15, 0.2) is 0 Å². The van der Waals surface area contributed by atoms with Gasteiger partial charge in [-0.1, -0.05) is 17.7 Å². The number of carbonyl (C=O) groups excluding carboxylic acids is 2. The summed E-state index contributed by atoms with van der Waals surface area (Å²) in [6.45, 7) is 0. The lowest BCUT2D eigenvalue weighted by molar-refractivity contribution is 0.0734. The van der Waals surface area contributed by atoms with E-state index < -0.39 is 5.97 Å². The van der Waals surface area contributed by atoms with Crippen LogP contribution in [0.2, 0.25) is 5.02 Å². The third kappa shape index (κ3) is 5.64. The van der Waals surface area contributed by atoms with Crippen molar-refractivity contribution in [2.45, 2.75) is 0 Å². The molecule has 0 aliphatic rings. The summed E-state index contributed by atoms with van der Waals surface area (Å²) in [4.78, 5) is 24.1. The van der Waals surface area contributed by atoms with Gasteiger partial charge >= 0.3 is 5.97 Å². The quantitative estimate of drug-likeness (QED) is 0.176. The summed E-state index contributed by atoms with van der Waals surface area (Å²) in [5, 5.41) is 4.50. The molecule has 3 aromatic carbocycles. The van der Waals surface area contributed by atoms with E-state index in [0.29, 0.717) is 21.9 Å². The van der Waals surface area contributed by atoms with Crippen LogP contribution in [0.1, 0.15) is 26.3 Å². The molecule has 1 N–H and O–H groups in total. The first kappa shape index (κ1) is 20.0. The van der Waals surface area contributed by atoms with E-state index in [4.69, 9.17) is 16.3 Å². The van der Waals surface area contributed by atoms with Gasteiger partial charge in [0.05, 0.1) is 11.8 Å². The highest BCUT2D eigenvalue weighted by atomic mass is 127. The summed E-state index contributed by atoms with van der Waals surface area (Å²) in [6.07, 6.45) is 1.51. The van der Waals surface area contributed by atoms with E-state index in [0.717, 1.165) is 9.13 Å². The van der Waals surface area contributed by atoms with E-state index in [9.17, 15) is 9.59 Å². The molecule has 0 aliphatic heterocycles. The van der Waals surface area contributed by atoms with Gasteiger partial charge in [0, 0.05) is 14.2 Å². The average Bonchev–Trinajstić information content (AvgIpc) is 2.69. The maximum absolute atomic E-state index is 12.1. The minimum Gasteiger partial charge on any atom is -0.423 e. The van der Waals surface area contributed by atoms with Crippen molar-refractivity contribution in [2.24, 2.45) is 5.10 Å². The predicted molar refractivity (Wildman–Crippen MR) is 117 cm³/mol. The number of hydrogen-bond acceptors (Lipinski definition) is 4. The molecule has 0 saturated carbocycles. The number of benzene rings is 3. The Hall–Kier alpha value is -2.71. The Balaban J connectivity index is 1.56. The van der Waals surface area contributed by atoms with Gasteiger partial charge in [0.1, 0.15) is 5.75 Å². The van der Waals surface area contributed by atoms with Crippen molar-refractivity contribution in [1.29, 1.82) is 0 Å². The SMILES string of the molecule is O=C(N/N=C\c1ccc(OC(=O)c2ccc(Cl)cc2)cc1)c1cccc(I)c1. The fraction of sp³-hybridized carbons (Fsp3) is 0. The molecule has 0 unspecified atom stereocenters. The first-order chi connectivity index (χ1) is 13.5. The summed E-state index contributed by atoms with van der Waals surface area (Å²) < 4.78 is 6.28. The van der Waals surface area contributed by atoms with E-state index >= 15 is 0 Å². The van der Waals surface area contributed by atoms with Crippen LogP contribution >= 0.6 is 34.2 Å². The third-order valence-electron chi connectivity index (χ3n) is 3.64. The first-order valence-electron chi connectivity index (χ1n) is 8.18. The number of hydrazone groups is 1. The van der Waals surface area contributed by atoms with Crippen molar-refractivity contribution in [3.63, 3.8) is 0 Å². The summed E-state index contributed by atoms with van der Waals surface area (Å²) in [6, 6.07) is 20.4. The molecule has 0 saturated heterocycles. The van der Waals surface area contributed by atoms with E-state index in [2.05, 4.69) is 33.1 Å². The first-order valence-corrected chi connectivity index (χ1v) is 9.64. The molecule has 3 aromatic rings. The molecule has 7 heteroatoms. The van der Waals surface area contributed by atoms with Gasteiger partial charge in [-0.05, 0) is 94.9 Å². The van der Waals surface area contributed by atoms with Crippen molar-refractivity contribution in [3.8, 4) is 5.75 Å². The van der Waals surface area contributed by atoms with Crippen molar-refractivity contribution < 1.29 is 14.3 Å². The highest BCUT2D eigenvalue weighted by Gasteiger charge is 2.08. The fourth-order valence-electron chi connectivity index (χ4n) is 2.23. The molecule has 0 heterocycles. The molecule has 0 bridgehead atoms. The maximum Gasteiger partial charge on any atom is 0.343 e. The van der Waals surface area contributed by atoms with Crippen LogP contribution in [-0.2, 0) is 0 Å². The second kappa shape index (κ2) is 9.48. The number of rotatable bonds is 5. The van der Waals surface area contributed by atoms with Crippen molar-refractivity contribution >= 4 is 52.3 Å². The van der Waals surface area contributed by atoms with Gasteiger partial charge in [0.25, 0.3) is 5.91 Å². The average molecular weight is 505 g/mol. The zero-order valence-corrected chi connectivity index (χ0v) is 17.3. The van der Waals surface area contributed by atoms with E-state index in [1.807, 2.05) is 12.1 Å². The molecule has 0 aromatic heterocycles. The lowest BCUT2D eigenvalue weighted by Crippen LogP contribution is -2.17. The Morgan fingerprint density at radius 2 is 1.68 bits per heavy atom. The Bertz CT molecular complexity index is 1020. The standard InChI is InChI=1S/C21H14ClIN2O3/c22-17-8-6-15(7-9-17)21(27)28-19-10-4-14(5-11-19)13-24-25-20(26)16-2-1-3-18(23)12-16/h1-13H,(H,25,26)/b24-13-. The molecule has 0 fully saturated rings. The molecule has 1 amide bonds. The number of halogens is 2. The number of carbonyl (C=O) groups is 2. The molecule has 5 nitrogen and oxygen atoms in total. The van der Waals surface area contributed by atoms with Crippen LogP contribution < -0.4 is 10.2 Å². The number of nitrogens with one attached hydrogen (secondary N) is 1. The normalized spacial score (nSPS) is 10.6. The summed E-state index contributed by atoms with van der Waals surface area (Å²) in [5.74, 6) is -0.355. The van der Waals surface area contributed by atoms with E-state index in [1.54, 1.807) is 60.7 Å². The molecular formula is C21H14ClIN2O3. The number of ether oxygens (including phenoxy) is 1. The minimum atomic E-state index is -0.470. The summed E-state index contributed by atoms with van der Waals surface area (Å²) in [5.41, 5.74) is 4.17. The molecule has 0 aliphatic carbocycles. The summed E-state index contributed by atoms with van der Waals surface area (Å²) >= 11 is 7.95. The van der Waals surface area contributed by atoms with Crippen LogP contribution in [0.5, 0.6) is 5.75 Å². The monoisotopic (exact) mass is 504 g/mol. The second-order valence-electron chi connectivity index (χ2n) is 5.67. The van der Waals surface area contributed by atoms with Crippen LogP contribution in [-0.4, -0.2) is 18.1 Å². The lowest BCUT2D eigenvalue weighted by Gasteiger charge is -2.05. The van der Waals surface area contributed by atoms with Crippen LogP contribution in [0.15, 0.2) is 77.9 Å². The van der Waals surface area contributed by atoms with Crippen LogP contribution in [0.25, 0.3) is 0 Å². The smallest absolute Gasteiger partial charge is 0.343 e. The number of nitrogens with zero attached hydrogens (tertiary/aromatic N) is 1. The lowest BCUT2D eigenvalue weighted by atomic mass is 10.2. The van der Waals surface area contributed by atoms with Crippen molar-refractivity contribution in [1.82, 2.24) is 5.43 Å². The molecule has 140 valence electrons. The van der Waals surface area contributed by atoms with Crippen LogP contribution in [0, 0.1) is 3.57 Å². The van der Waals surface area contributed by atoms with Crippen molar-refractivity contribution in [3.05, 3.63) is 98.1 Å². The molecule has 28 heavy (non-hydrogen) atoms. The van der Waals surface area contributed by atoms with E-state index in [-0.39, 0.29) is 5.91 Å². The van der Waals surface area contributed by atoms with Gasteiger partial charge in [0.2, 0.25) is 0 Å². The van der Waals surface area contributed by atoms with Gasteiger partial charge in [-0.3, -0.25) is 4.79 Å². The van der Waals surface area contributed by atoms with Gasteiger partial charge in [-0.2, -0.15) is 5.10 Å². The fourth-order valence-corrected chi connectivity index (χ4v) is 2.90. The number of esters is 1. The topological polar surface area (TPSA) is 67.8 Å². The highest BCUT2D eigenvalue weighted by Crippen LogP contribution is 2.15. The van der Waals surface area contributed by atoms with E-state index in [1.165, 1.54) is 6.21 Å². The predicted octanol–water partition coefficient (Wildman–Crippen LogP) is 4.93. The molecule has 0 radical (unpaired) electrons. The molecular weight excluding hydrogens is 491 g/mol. The van der Waals surface area contributed by atoms with Gasteiger partial charge in [-0.25, -0.2) is 10.2 Å². The third-order valence-corrected chi connectivity index (χ3v) is 4.56. The second-order valence-corrected chi connectivity index (χ2v) is 7.36. The highest BCUT2D eigenvalue weighted by molar-refractivity contribution is 14.1. The largest absolute Gasteiger partial charge is 0.423 e. The Labute approximate surface area is 180 Å². The maximum atomic E-state index is 12.1. The molecule has 0 spiro atoms. The minimum absolute atomic E-state index is 0.289.